The molecule has 1 atom stereocenters. The molecule has 1 aromatic rings. The summed E-state index contributed by atoms with van der Waals surface area (Å²) >= 11 is 1.34. The topological polar surface area (TPSA) is 76.7 Å². The van der Waals surface area contributed by atoms with Crippen LogP contribution < -0.4 is 10.6 Å². The highest BCUT2D eigenvalue weighted by Crippen LogP contribution is 2.07. The van der Waals surface area contributed by atoms with E-state index in [1.165, 1.54) is 11.3 Å². The molecule has 0 saturated heterocycles. The second kappa shape index (κ2) is 9.46. The third-order valence-corrected chi connectivity index (χ3v) is 3.33. The third-order valence-electron chi connectivity index (χ3n) is 2.46. The predicted octanol–water partition coefficient (Wildman–Crippen LogP) is 0.646. The fourth-order valence-corrected chi connectivity index (χ4v) is 2.01. The molecule has 1 aromatic heterocycles. The van der Waals surface area contributed by atoms with Crippen molar-refractivity contribution >= 4 is 23.2 Å². The van der Waals surface area contributed by atoms with Gasteiger partial charge in [0.25, 0.3) is 5.91 Å². The van der Waals surface area contributed by atoms with Gasteiger partial charge >= 0.3 is 0 Å². The van der Waals surface area contributed by atoms with Crippen LogP contribution >= 0.6 is 11.3 Å². The lowest BCUT2D eigenvalue weighted by atomic mass is 10.3. The van der Waals surface area contributed by atoms with Crippen molar-refractivity contribution in [3.8, 4) is 0 Å². The van der Waals surface area contributed by atoms with Gasteiger partial charge in [0.1, 0.15) is 6.04 Å². The summed E-state index contributed by atoms with van der Waals surface area (Å²) in [5.41, 5.74) is 0. The first-order valence-corrected chi connectivity index (χ1v) is 7.22. The van der Waals surface area contributed by atoms with Gasteiger partial charge in [0.15, 0.2) is 0 Å². The highest BCUT2D eigenvalue weighted by molar-refractivity contribution is 7.12. The van der Waals surface area contributed by atoms with Gasteiger partial charge in [0.2, 0.25) is 5.91 Å². The van der Waals surface area contributed by atoms with Crippen molar-refractivity contribution < 1.29 is 19.1 Å². The summed E-state index contributed by atoms with van der Waals surface area (Å²) in [5, 5.41) is 7.15. The number of hydrogen-bond donors (Lipinski definition) is 2. The van der Waals surface area contributed by atoms with Crippen molar-refractivity contribution in [2.45, 2.75) is 13.0 Å². The molecule has 1 heterocycles. The zero-order valence-electron chi connectivity index (χ0n) is 11.7. The van der Waals surface area contributed by atoms with E-state index < -0.39 is 6.04 Å². The fourth-order valence-electron chi connectivity index (χ4n) is 1.38. The molecule has 1 unspecified atom stereocenters. The van der Waals surface area contributed by atoms with E-state index in [0.29, 0.717) is 31.2 Å². The first-order valence-electron chi connectivity index (χ1n) is 6.34. The first-order chi connectivity index (χ1) is 9.65. The molecular formula is C13H20N2O4S. The quantitative estimate of drug-likeness (QED) is 0.656. The van der Waals surface area contributed by atoms with Crippen LogP contribution in [-0.2, 0) is 14.3 Å². The van der Waals surface area contributed by atoms with Crippen LogP contribution in [-0.4, -0.2) is 51.3 Å². The number of hydrogen-bond acceptors (Lipinski definition) is 5. The number of rotatable bonds is 9. The molecule has 0 radical (unpaired) electrons. The maximum absolute atomic E-state index is 11.7. The van der Waals surface area contributed by atoms with E-state index in [2.05, 4.69) is 10.6 Å². The summed E-state index contributed by atoms with van der Waals surface area (Å²) < 4.78 is 10.0. The summed E-state index contributed by atoms with van der Waals surface area (Å²) in [5.74, 6) is -0.468. The minimum absolute atomic E-state index is 0.231. The summed E-state index contributed by atoms with van der Waals surface area (Å²) in [6, 6.07) is 2.93. The van der Waals surface area contributed by atoms with E-state index in [9.17, 15) is 9.59 Å². The van der Waals surface area contributed by atoms with Crippen LogP contribution in [0.1, 0.15) is 16.6 Å². The molecule has 0 aromatic carbocycles. The highest BCUT2D eigenvalue weighted by atomic mass is 32.1. The summed E-state index contributed by atoms with van der Waals surface area (Å²) in [6.07, 6.45) is 0. The van der Waals surface area contributed by atoms with Crippen LogP contribution in [0, 0.1) is 0 Å². The fraction of sp³-hybridized carbons (Fsp3) is 0.538. The van der Waals surface area contributed by atoms with Gasteiger partial charge in [0.05, 0.1) is 24.7 Å². The lowest BCUT2D eigenvalue weighted by molar-refractivity contribution is -0.122. The van der Waals surface area contributed by atoms with Crippen LogP contribution in [0.2, 0.25) is 0 Å². The minimum atomic E-state index is -0.580. The van der Waals surface area contributed by atoms with Crippen LogP contribution in [0.4, 0.5) is 0 Å². The van der Waals surface area contributed by atoms with Crippen LogP contribution in [0.15, 0.2) is 17.5 Å². The van der Waals surface area contributed by atoms with E-state index in [0.717, 1.165) is 0 Å². The van der Waals surface area contributed by atoms with Crippen molar-refractivity contribution in [2.75, 3.05) is 33.5 Å². The Morgan fingerprint density at radius 1 is 1.35 bits per heavy atom. The molecule has 2 N–H and O–H groups in total. The van der Waals surface area contributed by atoms with Gasteiger partial charge in [-0.2, -0.15) is 0 Å². The zero-order chi connectivity index (χ0) is 14.8. The van der Waals surface area contributed by atoms with E-state index in [1.807, 2.05) is 5.38 Å². The molecule has 112 valence electrons. The lowest BCUT2D eigenvalue weighted by Gasteiger charge is -2.13. The third kappa shape index (κ3) is 6.14. The smallest absolute Gasteiger partial charge is 0.261 e. The van der Waals surface area contributed by atoms with Gasteiger partial charge in [-0.3, -0.25) is 9.59 Å². The first kappa shape index (κ1) is 16.6. The molecule has 0 aliphatic carbocycles. The van der Waals surface area contributed by atoms with E-state index >= 15 is 0 Å². The molecule has 6 nitrogen and oxygen atoms in total. The zero-order valence-corrected chi connectivity index (χ0v) is 12.5. The van der Waals surface area contributed by atoms with E-state index in [-0.39, 0.29) is 11.8 Å². The molecule has 0 fully saturated rings. The Morgan fingerprint density at radius 3 is 2.80 bits per heavy atom. The van der Waals surface area contributed by atoms with E-state index in [4.69, 9.17) is 9.47 Å². The van der Waals surface area contributed by atoms with Crippen molar-refractivity contribution in [1.29, 1.82) is 0 Å². The molecule has 0 spiro atoms. The standard InChI is InChI=1S/C13H20N2O4S/c1-10(15-13(17)11-4-3-9-20-11)12(16)14-5-6-19-8-7-18-2/h3-4,9-10H,5-8H2,1-2H3,(H,14,16)(H,15,17). The van der Waals surface area contributed by atoms with Crippen LogP contribution in [0.25, 0.3) is 0 Å². The monoisotopic (exact) mass is 300 g/mol. The number of carbonyl (C=O) groups is 2. The number of carbonyl (C=O) groups excluding carboxylic acids is 2. The van der Waals surface area contributed by atoms with Gasteiger partial charge < -0.3 is 20.1 Å². The van der Waals surface area contributed by atoms with Crippen LogP contribution in [0.3, 0.4) is 0 Å². The Kier molecular flexibility index (Phi) is 7.86. The van der Waals surface area contributed by atoms with Gasteiger partial charge in [0, 0.05) is 13.7 Å². The molecule has 0 saturated carbocycles. The average molecular weight is 300 g/mol. The second-order valence-corrected chi connectivity index (χ2v) is 5.02. The lowest BCUT2D eigenvalue weighted by Crippen LogP contribution is -2.45. The van der Waals surface area contributed by atoms with Gasteiger partial charge in [-0.25, -0.2) is 0 Å². The molecule has 0 bridgehead atoms. The largest absolute Gasteiger partial charge is 0.382 e. The highest BCUT2D eigenvalue weighted by Gasteiger charge is 2.16. The number of ether oxygens (including phenoxy) is 2. The molecule has 2 amide bonds. The van der Waals surface area contributed by atoms with E-state index in [1.54, 1.807) is 26.2 Å². The van der Waals surface area contributed by atoms with Crippen molar-refractivity contribution in [1.82, 2.24) is 10.6 Å². The summed E-state index contributed by atoms with van der Waals surface area (Å²) in [4.78, 5) is 24.1. The molecule has 7 heteroatoms. The summed E-state index contributed by atoms with van der Waals surface area (Å²) in [6.45, 7) is 3.49. The molecule has 20 heavy (non-hydrogen) atoms. The normalized spacial score (nSPS) is 11.9. The van der Waals surface area contributed by atoms with Crippen molar-refractivity contribution in [2.24, 2.45) is 0 Å². The van der Waals surface area contributed by atoms with Gasteiger partial charge in [-0.05, 0) is 18.4 Å². The summed E-state index contributed by atoms with van der Waals surface area (Å²) in [7, 11) is 1.60. The predicted molar refractivity (Wildman–Crippen MR) is 77.0 cm³/mol. The maximum atomic E-state index is 11.7. The van der Waals surface area contributed by atoms with Crippen molar-refractivity contribution in [3.63, 3.8) is 0 Å². The molecule has 1 rings (SSSR count). The number of amides is 2. The Morgan fingerprint density at radius 2 is 2.15 bits per heavy atom. The molecule has 0 aliphatic rings. The molecule has 0 aliphatic heterocycles. The SMILES string of the molecule is COCCOCCNC(=O)C(C)NC(=O)c1cccs1. The number of methoxy groups -OCH3 is 1. The average Bonchev–Trinajstić information content (AvgIpc) is 2.96. The van der Waals surface area contributed by atoms with Gasteiger partial charge in [-0.1, -0.05) is 6.07 Å². The molecular weight excluding hydrogens is 280 g/mol. The van der Waals surface area contributed by atoms with Gasteiger partial charge in [-0.15, -0.1) is 11.3 Å². The Balaban J connectivity index is 2.17. The number of nitrogens with one attached hydrogen (secondary N) is 2. The number of thiophene rings is 1. The van der Waals surface area contributed by atoms with Crippen molar-refractivity contribution in [3.05, 3.63) is 22.4 Å². The Labute approximate surface area is 122 Å². The maximum Gasteiger partial charge on any atom is 0.261 e. The Bertz CT molecular complexity index is 409. The second-order valence-electron chi connectivity index (χ2n) is 4.07. The van der Waals surface area contributed by atoms with Crippen LogP contribution in [0.5, 0.6) is 0 Å². The Hall–Kier alpha value is -1.44. The minimum Gasteiger partial charge on any atom is -0.382 e.